The topological polar surface area (TPSA) is 42.4 Å². The van der Waals surface area contributed by atoms with E-state index in [1.165, 1.54) is 0 Å². The number of nitrogens with zero attached hydrogens (tertiary/aromatic N) is 2. The maximum absolute atomic E-state index is 12.4. The fraction of sp³-hybridized carbons (Fsp3) is 0.538. The zero-order chi connectivity index (χ0) is 13.1. The zero-order valence-corrected chi connectivity index (χ0v) is 11.4. The molecule has 1 aromatic heterocycles. The second-order valence-electron chi connectivity index (χ2n) is 4.67. The van der Waals surface area contributed by atoms with Gasteiger partial charge in [-0.25, -0.2) is 0 Å². The van der Waals surface area contributed by atoms with Gasteiger partial charge in [0, 0.05) is 18.9 Å². The fourth-order valence-electron chi connectivity index (χ4n) is 2.03. The Hall–Kier alpha value is -1.13. The Bertz CT molecular complexity index is 439. The van der Waals surface area contributed by atoms with Crippen molar-refractivity contribution in [1.82, 2.24) is 9.88 Å². The number of amides is 1. The van der Waals surface area contributed by atoms with E-state index in [0.29, 0.717) is 24.6 Å². The van der Waals surface area contributed by atoms with Gasteiger partial charge in [0.15, 0.2) is 0 Å². The molecule has 1 aliphatic rings. The third kappa shape index (κ3) is 2.82. The van der Waals surface area contributed by atoms with Crippen LogP contribution >= 0.6 is 11.6 Å². The van der Waals surface area contributed by atoms with E-state index in [1.807, 2.05) is 24.8 Å². The lowest BCUT2D eigenvalue weighted by atomic mass is 10.1. The highest BCUT2D eigenvalue weighted by molar-refractivity contribution is 6.18. The van der Waals surface area contributed by atoms with Crippen molar-refractivity contribution in [3.05, 3.63) is 29.6 Å². The molecule has 1 saturated heterocycles. The summed E-state index contributed by atoms with van der Waals surface area (Å²) in [6.07, 6.45) is 3.26. The van der Waals surface area contributed by atoms with E-state index in [0.717, 1.165) is 5.56 Å². The molecule has 2 heterocycles. The molecule has 0 radical (unpaired) electrons. The predicted octanol–water partition coefficient (Wildman–Crippen LogP) is 1.86. The highest BCUT2D eigenvalue weighted by Crippen LogP contribution is 2.16. The number of alkyl halides is 1. The van der Waals surface area contributed by atoms with Crippen molar-refractivity contribution in [3.63, 3.8) is 0 Å². The van der Waals surface area contributed by atoms with Gasteiger partial charge >= 0.3 is 0 Å². The number of hydrogen-bond donors (Lipinski definition) is 0. The van der Waals surface area contributed by atoms with Crippen LogP contribution in [0.25, 0.3) is 0 Å². The van der Waals surface area contributed by atoms with E-state index >= 15 is 0 Å². The lowest BCUT2D eigenvalue weighted by Gasteiger charge is -2.37. The first-order chi connectivity index (χ1) is 8.61. The van der Waals surface area contributed by atoms with Crippen LogP contribution in [-0.2, 0) is 4.74 Å². The summed E-state index contributed by atoms with van der Waals surface area (Å²) in [6, 6.07) is 1.92. The summed E-state index contributed by atoms with van der Waals surface area (Å²) in [5.41, 5.74) is 1.60. The summed E-state index contributed by atoms with van der Waals surface area (Å²) in [6.45, 7) is 4.97. The van der Waals surface area contributed by atoms with Gasteiger partial charge in [-0.1, -0.05) is 0 Å². The summed E-state index contributed by atoms with van der Waals surface area (Å²) in [5.74, 6) is 0.403. The summed E-state index contributed by atoms with van der Waals surface area (Å²) in [5, 5.41) is 0. The monoisotopic (exact) mass is 268 g/mol. The Balaban J connectivity index is 2.16. The second-order valence-corrected chi connectivity index (χ2v) is 4.98. The van der Waals surface area contributed by atoms with Crippen molar-refractivity contribution in [2.75, 3.05) is 19.0 Å². The molecule has 2 rings (SSSR count). The lowest BCUT2D eigenvalue weighted by molar-refractivity contribution is -0.0371. The quantitative estimate of drug-likeness (QED) is 0.769. The van der Waals surface area contributed by atoms with E-state index in [1.54, 1.807) is 12.4 Å². The van der Waals surface area contributed by atoms with Gasteiger partial charge in [0.1, 0.15) is 0 Å². The standard InChI is InChI=1S/C13H17ClN2O2/c1-9-3-11(6-15-5-9)13(17)16-7-12(4-14)18-8-10(16)2/h3,5-6,10,12H,4,7-8H2,1-2H3. The number of aryl methyl sites for hydroxylation is 1. The molecule has 0 spiro atoms. The number of aromatic nitrogens is 1. The molecule has 0 N–H and O–H groups in total. The molecule has 1 aliphatic heterocycles. The van der Waals surface area contributed by atoms with Gasteiger partial charge in [0.2, 0.25) is 0 Å². The van der Waals surface area contributed by atoms with Crippen LogP contribution in [0.3, 0.4) is 0 Å². The average molecular weight is 269 g/mol. The number of hydrogen-bond acceptors (Lipinski definition) is 3. The van der Waals surface area contributed by atoms with Gasteiger partial charge in [-0.05, 0) is 25.5 Å². The molecule has 0 aromatic carbocycles. The fourth-order valence-corrected chi connectivity index (χ4v) is 2.22. The molecule has 1 aromatic rings. The molecule has 18 heavy (non-hydrogen) atoms. The SMILES string of the molecule is Cc1cncc(C(=O)N2CC(CCl)OCC2C)c1. The van der Waals surface area contributed by atoms with Gasteiger partial charge in [-0.15, -0.1) is 11.6 Å². The maximum Gasteiger partial charge on any atom is 0.255 e. The molecular formula is C13H17ClN2O2. The number of carbonyl (C=O) groups is 1. The maximum atomic E-state index is 12.4. The van der Waals surface area contributed by atoms with Crippen molar-refractivity contribution in [1.29, 1.82) is 0 Å². The number of rotatable bonds is 2. The normalized spacial score (nSPS) is 24.1. The second kappa shape index (κ2) is 5.67. The van der Waals surface area contributed by atoms with Gasteiger partial charge in [0.25, 0.3) is 5.91 Å². The first-order valence-corrected chi connectivity index (χ1v) is 6.55. The Labute approximate surface area is 112 Å². The number of morpholine rings is 1. The Kier molecular flexibility index (Phi) is 4.19. The van der Waals surface area contributed by atoms with Crippen molar-refractivity contribution in [2.45, 2.75) is 26.0 Å². The number of ether oxygens (including phenoxy) is 1. The lowest BCUT2D eigenvalue weighted by Crippen LogP contribution is -2.51. The summed E-state index contributed by atoms with van der Waals surface area (Å²) < 4.78 is 5.54. The summed E-state index contributed by atoms with van der Waals surface area (Å²) in [7, 11) is 0. The van der Waals surface area contributed by atoms with Gasteiger partial charge in [-0.2, -0.15) is 0 Å². The van der Waals surface area contributed by atoms with E-state index in [9.17, 15) is 4.79 Å². The van der Waals surface area contributed by atoms with Crippen LogP contribution in [0.5, 0.6) is 0 Å². The van der Waals surface area contributed by atoms with E-state index < -0.39 is 0 Å². The largest absolute Gasteiger partial charge is 0.373 e. The van der Waals surface area contributed by atoms with E-state index in [-0.39, 0.29) is 18.1 Å². The van der Waals surface area contributed by atoms with Gasteiger partial charge in [-0.3, -0.25) is 9.78 Å². The first kappa shape index (κ1) is 13.3. The minimum absolute atomic E-state index is 0.00267. The molecule has 0 aliphatic carbocycles. The van der Waals surface area contributed by atoms with Crippen LogP contribution in [0, 0.1) is 6.92 Å². The van der Waals surface area contributed by atoms with Crippen LogP contribution in [-0.4, -0.2) is 47.0 Å². The third-order valence-electron chi connectivity index (χ3n) is 3.06. The third-order valence-corrected chi connectivity index (χ3v) is 3.40. The first-order valence-electron chi connectivity index (χ1n) is 6.02. The number of pyridine rings is 1. The smallest absolute Gasteiger partial charge is 0.255 e. The van der Waals surface area contributed by atoms with Crippen molar-refractivity contribution in [3.8, 4) is 0 Å². The molecule has 1 amide bonds. The van der Waals surface area contributed by atoms with Crippen molar-refractivity contribution in [2.24, 2.45) is 0 Å². The molecule has 98 valence electrons. The Morgan fingerprint density at radius 2 is 2.39 bits per heavy atom. The molecule has 2 unspecified atom stereocenters. The summed E-state index contributed by atoms with van der Waals surface area (Å²) in [4.78, 5) is 18.3. The van der Waals surface area contributed by atoms with Crippen LogP contribution < -0.4 is 0 Å². The zero-order valence-electron chi connectivity index (χ0n) is 10.6. The van der Waals surface area contributed by atoms with Gasteiger partial charge in [0.05, 0.1) is 30.2 Å². The number of carbonyl (C=O) groups excluding carboxylic acids is 1. The van der Waals surface area contributed by atoms with Crippen molar-refractivity contribution >= 4 is 17.5 Å². The molecule has 4 nitrogen and oxygen atoms in total. The van der Waals surface area contributed by atoms with Crippen molar-refractivity contribution < 1.29 is 9.53 Å². The highest BCUT2D eigenvalue weighted by Gasteiger charge is 2.29. The summed E-state index contributed by atoms with van der Waals surface area (Å²) >= 11 is 5.79. The van der Waals surface area contributed by atoms with E-state index in [4.69, 9.17) is 16.3 Å². The van der Waals surface area contributed by atoms with Crippen LogP contribution in [0.2, 0.25) is 0 Å². The molecular weight excluding hydrogens is 252 g/mol. The molecule has 0 saturated carbocycles. The van der Waals surface area contributed by atoms with Crippen LogP contribution in [0.4, 0.5) is 0 Å². The minimum atomic E-state index is -0.0791. The van der Waals surface area contributed by atoms with Crippen LogP contribution in [0.15, 0.2) is 18.5 Å². The van der Waals surface area contributed by atoms with E-state index in [2.05, 4.69) is 4.98 Å². The Morgan fingerprint density at radius 3 is 3.06 bits per heavy atom. The molecule has 5 heteroatoms. The molecule has 2 atom stereocenters. The number of halogens is 1. The Morgan fingerprint density at radius 1 is 1.61 bits per heavy atom. The average Bonchev–Trinajstić information content (AvgIpc) is 2.38. The minimum Gasteiger partial charge on any atom is -0.373 e. The highest BCUT2D eigenvalue weighted by atomic mass is 35.5. The van der Waals surface area contributed by atoms with Gasteiger partial charge < -0.3 is 9.64 Å². The molecule has 0 bridgehead atoms. The molecule has 1 fully saturated rings. The van der Waals surface area contributed by atoms with Crippen LogP contribution in [0.1, 0.15) is 22.8 Å². The predicted molar refractivity (Wildman–Crippen MR) is 69.9 cm³/mol.